The second kappa shape index (κ2) is 16.1. The molecule has 0 bridgehead atoms. The first-order chi connectivity index (χ1) is 16.9. The average molecular weight is 544 g/mol. The van der Waals surface area contributed by atoms with Crippen molar-refractivity contribution in [2.75, 3.05) is 18.1 Å². The molecule has 10 nitrogen and oxygen atoms in total. The zero-order valence-electron chi connectivity index (χ0n) is 21.4. The van der Waals surface area contributed by atoms with Crippen molar-refractivity contribution in [2.45, 2.75) is 45.9 Å². The summed E-state index contributed by atoms with van der Waals surface area (Å²) in [5.74, 6) is -0.282. The van der Waals surface area contributed by atoms with Gasteiger partial charge < -0.3 is 24.1 Å². The molecule has 0 aromatic heterocycles. The van der Waals surface area contributed by atoms with Crippen LogP contribution in [0.2, 0.25) is 0 Å². The topological polar surface area (TPSA) is 172 Å². The van der Waals surface area contributed by atoms with Crippen molar-refractivity contribution in [1.29, 1.82) is 0 Å². The number of anilines is 1. The van der Waals surface area contributed by atoms with E-state index in [2.05, 4.69) is 15.5 Å². The Hall–Kier alpha value is -2.74. The van der Waals surface area contributed by atoms with Crippen molar-refractivity contribution >= 4 is 48.8 Å². The van der Waals surface area contributed by atoms with E-state index in [1.807, 2.05) is 46.8 Å². The summed E-state index contributed by atoms with van der Waals surface area (Å²) in [6.07, 6.45) is 1.61. The van der Waals surface area contributed by atoms with Crippen molar-refractivity contribution in [2.24, 2.45) is 10.2 Å². The minimum Gasteiger partial charge on any atom is -0.505 e. The number of aromatic hydroxyl groups is 1. The number of hydrogen-bond donors (Lipinski definition) is 6. The molecule has 0 aliphatic rings. The molecule has 0 amide bonds. The summed E-state index contributed by atoms with van der Waals surface area (Å²) in [5.41, 5.74) is 1.03. The van der Waals surface area contributed by atoms with Crippen LogP contribution in [0.1, 0.15) is 41.0 Å². The molecule has 3 aromatic rings. The van der Waals surface area contributed by atoms with E-state index in [1.165, 1.54) is 6.07 Å². The van der Waals surface area contributed by atoms with Gasteiger partial charge in [0, 0.05) is 17.6 Å². The number of rotatable bonds is 6. The molecule has 36 heavy (non-hydrogen) atoms. The molecule has 0 aliphatic carbocycles. The molecule has 0 saturated carbocycles. The fourth-order valence-electron chi connectivity index (χ4n) is 2.71. The second-order valence-corrected chi connectivity index (χ2v) is 9.63. The summed E-state index contributed by atoms with van der Waals surface area (Å²) in [6, 6.07) is 15.5. The number of nitrogens with one attached hydrogen (secondary N) is 1. The lowest BCUT2D eigenvalue weighted by Gasteiger charge is -2.22. The van der Waals surface area contributed by atoms with Crippen LogP contribution in [-0.2, 0) is 10.1 Å². The molecule has 0 fully saturated rings. The van der Waals surface area contributed by atoms with Crippen molar-refractivity contribution < 1.29 is 31.7 Å². The SMILES string of the molecule is CC.CC.CCCNc1cccc2cc(S(O)(O)O)c(N=Nc3ccccc3)c(O)c12.CS(=O)(=O)O. The van der Waals surface area contributed by atoms with Crippen LogP contribution in [0.25, 0.3) is 10.8 Å². The highest BCUT2D eigenvalue weighted by Crippen LogP contribution is 2.55. The zero-order chi connectivity index (χ0) is 27.9. The van der Waals surface area contributed by atoms with E-state index >= 15 is 0 Å². The molecule has 0 unspecified atom stereocenters. The average Bonchev–Trinajstić information content (AvgIpc) is 2.83. The van der Waals surface area contributed by atoms with E-state index < -0.39 is 21.0 Å². The van der Waals surface area contributed by atoms with Gasteiger partial charge in [-0.05, 0) is 36.1 Å². The smallest absolute Gasteiger partial charge is 0.261 e. The first-order valence-electron chi connectivity index (χ1n) is 11.3. The first-order valence-corrected chi connectivity index (χ1v) is 14.7. The van der Waals surface area contributed by atoms with Crippen molar-refractivity contribution in [1.82, 2.24) is 0 Å². The van der Waals surface area contributed by atoms with Crippen LogP contribution in [0.3, 0.4) is 0 Å². The number of nitrogens with zero attached hydrogens (tertiary/aromatic N) is 2. The molecule has 202 valence electrons. The highest BCUT2D eigenvalue weighted by molar-refractivity contribution is 8.19. The van der Waals surface area contributed by atoms with Gasteiger partial charge in [-0.25, -0.2) is 0 Å². The normalized spacial score (nSPS) is 11.4. The monoisotopic (exact) mass is 543 g/mol. The Morgan fingerprint density at radius 3 is 1.92 bits per heavy atom. The van der Waals surface area contributed by atoms with Gasteiger partial charge in [-0.15, -0.1) is 5.11 Å². The third-order valence-corrected chi connectivity index (χ3v) is 4.86. The Bertz CT molecular complexity index is 1190. The van der Waals surface area contributed by atoms with Crippen LogP contribution < -0.4 is 5.32 Å². The lowest BCUT2D eigenvalue weighted by atomic mass is 10.1. The molecule has 0 radical (unpaired) electrons. The lowest BCUT2D eigenvalue weighted by Crippen LogP contribution is -2.01. The number of phenolic OH excluding ortho intramolecular Hbond substituents is 1. The fraction of sp³-hybridized carbons (Fsp3) is 0.333. The highest BCUT2D eigenvalue weighted by Gasteiger charge is 2.26. The maximum Gasteiger partial charge on any atom is 0.261 e. The standard InChI is InChI=1S/C19H21N3O4S.2C2H6.CH4O3S/c1-2-11-20-15-10-6-7-13-12-16(27(24,25)26)18(19(23)17(13)15)22-21-14-8-4-3-5-9-14;2*1-2;1-5(2,3)4/h3-10,12,20,23-26H,2,11H2,1H3;2*1-2H3;1H3,(H,2,3,4). The van der Waals surface area contributed by atoms with Gasteiger partial charge in [0.25, 0.3) is 10.1 Å². The predicted molar refractivity (Wildman–Crippen MR) is 149 cm³/mol. The number of benzene rings is 3. The van der Waals surface area contributed by atoms with Gasteiger partial charge in [-0.2, -0.15) is 13.5 Å². The van der Waals surface area contributed by atoms with Gasteiger partial charge in [0.05, 0.1) is 16.8 Å². The van der Waals surface area contributed by atoms with Gasteiger partial charge >= 0.3 is 0 Å². The van der Waals surface area contributed by atoms with Crippen LogP contribution >= 0.6 is 10.9 Å². The number of azo groups is 1. The third-order valence-electron chi connectivity index (χ3n) is 3.96. The van der Waals surface area contributed by atoms with Gasteiger partial charge in [0.2, 0.25) is 0 Å². The summed E-state index contributed by atoms with van der Waals surface area (Å²) >= 11 is 0. The van der Waals surface area contributed by atoms with Crippen molar-refractivity contribution in [3.05, 3.63) is 54.6 Å². The second-order valence-electron chi connectivity index (χ2n) is 6.69. The molecule has 3 aromatic carbocycles. The van der Waals surface area contributed by atoms with Gasteiger partial charge in [0.1, 0.15) is 16.6 Å². The first kappa shape index (κ1) is 33.3. The van der Waals surface area contributed by atoms with E-state index in [4.69, 9.17) is 4.55 Å². The lowest BCUT2D eigenvalue weighted by molar-refractivity contribution is 0.375. The maximum atomic E-state index is 10.8. The summed E-state index contributed by atoms with van der Waals surface area (Å²) in [5, 5.41) is 23.1. The van der Waals surface area contributed by atoms with Crippen LogP contribution in [0.5, 0.6) is 5.75 Å². The summed E-state index contributed by atoms with van der Waals surface area (Å²) in [7, 11) is -7.78. The molecular weight excluding hydrogens is 506 g/mol. The highest BCUT2D eigenvalue weighted by atomic mass is 32.3. The Kier molecular flexibility index (Phi) is 14.9. The zero-order valence-corrected chi connectivity index (χ0v) is 23.0. The van der Waals surface area contributed by atoms with Crippen LogP contribution in [-0.4, -0.2) is 44.5 Å². The van der Waals surface area contributed by atoms with Gasteiger partial charge in [0.15, 0.2) is 5.75 Å². The molecule has 12 heteroatoms. The van der Waals surface area contributed by atoms with E-state index in [9.17, 15) is 27.2 Å². The third kappa shape index (κ3) is 11.3. The quantitative estimate of drug-likeness (QED) is 0.134. The molecule has 0 aliphatic heterocycles. The van der Waals surface area contributed by atoms with Crippen molar-refractivity contribution in [3.63, 3.8) is 0 Å². The fourth-order valence-corrected chi connectivity index (χ4v) is 3.40. The minimum atomic E-state index is -4.12. The van der Waals surface area contributed by atoms with E-state index in [0.29, 0.717) is 34.9 Å². The summed E-state index contributed by atoms with van der Waals surface area (Å²) < 4.78 is 55.4. The Morgan fingerprint density at radius 2 is 1.42 bits per heavy atom. The Labute approximate surface area is 215 Å². The van der Waals surface area contributed by atoms with Gasteiger partial charge in [-0.1, -0.05) is 65.0 Å². The summed E-state index contributed by atoms with van der Waals surface area (Å²) in [4.78, 5) is -0.278. The number of fused-ring (bicyclic) bond motifs is 1. The van der Waals surface area contributed by atoms with E-state index in [0.717, 1.165) is 6.42 Å². The Morgan fingerprint density at radius 1 is 0.861 bits per heavy atom. The predicted octanol–water partition coefficient (Wildman–Crippen LogP) is 7.92. The molecule has 0 atom stereocenters. The maximum absolute atomic E-state index is 10.8. The summed E-state index contributed by atoms with van der Waals surface area (Å²) in [6.45, 7) is 10.7. The van der Waals surface area contributed by atoms with Crippen LogP contribution in [0, 0.1) is 0 Å². The minimum absolute atomic E-state index is 0.181. The van der Waals surface area contributed by atoms with E-state index in [-0.39, 0.29) is 16.3 Å². The molecule has 0 spiro atoms. The van der Waals surface area contributed by atoms with Crippen molar-refractivity contribution in [3.8, 4) is 5.75 Å². The largest absolute Gasteiger partial charge is 0.505 e. The molecular formula is C24H37N3O7S2. The molecule has 0 saturated heterocycles. The molecule has 0 heterocycles. The van der Waals surface area contributed by atoms with E-state index in [1.54, 1.807) is 36.4 Å². The Balaban J connectivity index is 0.00000119. The van der Waals surface area contributed by atoms with Crippen LogP contribution in [0.4, 0.5) is 17.1 Å². The van der Waals surface area contributed by atoms with Gasteiger partial charge in [-0.3, -0.25) is 4.55 Å². The van der Waals surface area contributed by atoms with Crippen LogP contribution in [0.15, 0.2) is 69.7 Å². The molecule has 3 rings (SSSR count). The molecule has 6 N–H and O–H groups in total. The number of hydrogen-bond acceptors (Lipinski definition) is 9. The number of phenols is 1.